The first-order chi connectivity index (χ1) is 8.94. The zero-order valence-electron chi connectivity index (χ0n) is 9.41. The monoisotopic (exact) mass is 334 g/mol. The van der Waals surface area contributed by atoms with Crippen LogP contribution in [0.3, 0.4) is 0 Å². The lowest BCUT2D eigenvalue weighted by atomic mass is 10.2. The molecule has 1 aliphatic heterocycles. The van der Waals surface area contributed by atoms with E-state index in [4.69, 9.17) is 35.4 Å². The third-order valence-corrected chi connectivity index (χ3v) is 4.09. The molecule has 1 atom stereocenters. The SMILES string of the molecule is O=C(CC1SC(=S)NC1=O)Nc1cc(Cl)cc(Cl)c1. The van der Waals surface area contributed by atoms with E-state index in [9.17, 15) is 9.59 Å². The van der Waals surface area contributed by atoms with Gasteiger partial charge in [0.2, 0.25) is 11.8 Å². The number of amides is 2. The molecule has 2 rings (SSSR count). The van der Waals surface area contributed by atoms with E-state index in [0.717, 1.165) is 0 Å². The second-order valence-corrected chi connectivity index (χ2v) is 6.55. The summed E-state index contributed by atoms with van der Waals surface area (Å²) in [4.78, 5) is 23.2. The standard InChI is InChI=1S/C11H8Cl2N2O2S2/c12-5-1-6(13)3-7(2-5)14-9(16)4-8-10(17)15-11(18)19-8/h1-3,8H,4H2,(H,14,16)(H,15,17,18). The van der Waals surface area contributed by atoms with Crippen LogP contribution in [0.25, 0.3) is 0 Å². The van der Waals surface area contributed by atoms with Gasteiger partial charge < -0.3 is 10.6 Å². The summed E-state index contributed by atoms with van der Waals surface area (Å²) >= 11 is 17.7. The van der Waals surface area contributed by atoms with Crippen molar-refractivity contribution in [2.24, 2.45) is 0 Å². The Bertz CT molecular complexity index is 545. The van der Waals surface area contributed by atoms with Gasteiger partial charge in [0.15, 0.2) is 0 Å². The van der Waals surface area contributed by atoms with Crippen molar-refractivity contribution in [1.29, 1.82) is 0 Å². The second-order valence-electron chi connectivity index (χ2n) is 3.79. The maximum Gasteiger partial charge on any atom is 0.239 e. The van der Waals surface area contributed by atoms with Crippen LogP contribution in [0.5, 0.6) is 0 Å². The first kappa shape index (κ1) is 14.6. The maximum atomic E-state index is 11.8. The van der Waals surface area contributed by atoms with Crippen molar-refractivity contribution in [3.05, 3.63) is 28.2 Å². The molecule has 0 aliphatic carbocycles. The summed E-state index contributed by atoms with van der Waals surface area (Å²) in [6, 6.07) is 4.73. The van der Waals surface area contributed by atoms with Crippen LogP contribution in [0.1, 0.15) is 6.42 Å². The average Bonchev–Trinajstić information content (AvgIpc) is 2.55. The Labute approximate surface area is 129 Å². The van der Waals surface area contributed by atoms with Crippen molar-refractivity contribution in [1.82, 2.24) is 5.32 Å². The Hall–Kier alpha value is -0.820. The number of thioether (sulfide) groups is 1. The summed E-state index contributed by atoms with van der Waals surface area (Å²) in [5.41, 5.74) is 0.494. The molecule has 0 radical (unpaired) electrons. The number of hydrogen-bond donors (Lipinski definition) is 2. The molecule has 1 fully saturated rings. The van der Waals surface area contributed by atoms with Gasteiger partial charge >= 0.3 is 0 Å². The van der Waals surface area contributed by atoms with Crippen LogP contribution in [0.4, 0.5) is 5.69 Å². The van der Waals surface area contributed by atoms with Crippen LogP contribution in [-0.4, -0.2) is 21.4 Å². The predicted octanol–water partition coefficient (Wildman–Crippen LogP) is 2.84. The highest BCUT2D eigenvalue weighted by molar-refractivity contribution is 8.24. The minimum absolute atomic E-state index is 0.0424. The van der Waals surface area contributed by atoms with Gasteiger partial charge in [0.05, 0.1) is 5.25 Å². The topological polar surface area (TPSA) is 58.2 Å². The van der Waals surface area contributed by atoms with E-state index in [1.807, 2.05) is 0 Å². The Kier molecular flexibility index (Phi) is 4.67. The summed E-state index contributed by atoms with van der Waals surface area (Å²) in [7, 11) is 0. The molecular formula is C11H8Cl2N2O2S2. The highest BCUT2D eigenvalue weighted by Crippen LogP contribution is 2.25. The molecule has 0 aromatic heterocycles. The molecule has 4 nitrogen and oxygen atoms in total. The van der Waals surface area contributed by atoms with Gasteiger partial charge in [-0.2, -0.15) is 0 Å². The molecule has 0 saturated carbocycles. The van der Waals surface area contributed by atoms with Crippen LogP contribution >= 0.6 is 47.2 Å². The fraction of sp³-hybridized carbons (Fsp3) is 0.182. The van der Waals surface area contributed by atoms with Crippen LogP contribution in [0.2, 0.25) is 10.0 Å². The Morgan fingerprint density at radius 2 is 2.00 bits per heavy atom. The highest BCUT2D eigenvalue weighted by atomic mass is 35.5. The highest BCUT2D eigenvalue weighted by Gasteiger charge is 2.30. The first-order valence-corrected chi connectivity index (χ1v) is 7.26. The van der Waals surface area contributed by atoms with Crippen LogP contribution in [-0.2, 0) is 9.59 Å². The number of carbonyl (C=O) groups is 2. The fourth-order valence-corrected chi connectivity index (χ4v) is 3.33. The van der Waals surface area contributed by atoms with E-state index in [1.54, 1.807) is 18.2 Å². The van der Waals surface area contributed by atoms with Crippen LogP contribution in [0, 0.1) is 0 Å². The van der Waals surface area contributed by atoms with Crippen molar-refractivity contribution in [3.8, 4) is 0 Å². The van der Waals surface area contributed by atoms with Gasteiger partial charge in [-0.1, -0.05) is 47.2 Å². The summed E-state index contributed by atoms with van der Waals surface area (Å²) < 4.78 is 0.397. The van der Waals surface area contributed by atoms with Gasteiger partial charge in [-0.25, -0.2) is 0 Å². The number of halogens is 2. The Morgan fingerprint density at radius 1 is 1.37 bits per heavy atom. The lowest BCUT2D eigenvalue weighted by Crippen LogP contribution is -2.27. The van der Waals surface area contributed by atoms with E-state index >= 15 is 0 Å². The molecule has 1 aromatic carbocycles. The number of nitrogens with one attached hydrogen (secondary N) is 2. The zero-order valence-corrected chi connectivity index (χ0v) is 12.6. The zero-order chi connectivity index (χ0) is 14.0. The minimum Gasteiger partial charge on any atom is -0.326 e. The molecule has 1 unspecified atom stereocenters. The normalized spacial score (nSPS) is 18.3. The number of benzene rings is 1. The molecule has 100 valence electrons. The quantitative estimate of drug-likeness (QED) is 0.834. The first-order valence-electron chi connectivity index (χ1n) is 5.21. The fourth-order valence-electron chi connectivity index (χ4n) is 1.53. The van der Waals surface area contributed by atoms with Gasteiger partial charge in [-0.05, 0) is 18.2 Å². The van der Waals surface area contributed by atoms with Gasteiger partial charge in [-0.15, -0.1) is 0 Å². The molecule has 8 heteroatoms. The maximum absolute atomic E-state index is 11.8. The van der Waals surface area contributed by atoms with Gasteiger partial charge in [0.25, 0.3) is 0 Å². The number of thiocarbonyl (C=S) groups is 1. The molecule has 0 spiro atoms. The van der Waals surface area contributed by atoms with Gasteiger partial charge in [0, 0.05) is 22.2 Å². The Morgan fingerprint density at radius 3 is 2.53 bits per heavy atom. The summed E-state index contributed by atoms with van der Waals surface area (Å²) in [6.45, 7) is 0. The molecule has 1 heterocycles. The largest absolute Gasteiger partial charge is 0.326 e. The third-order valence-electron chi connectivity index (χ3n) is 2.28. The van der Waals surface area contributed by atoms with Crippen molar-refractivity contribution in [3.63, 3.8) is 0 Å². The molecule has 1 saturated heterocycles. The second kappa shape index (κ2) is 6.09. The van der Waals surface area contributed by atoms with E-state index in [2.05, 4.69) is 10.6 Å². The summed E-state index contributed by atoms with van der Waals surface area (Å²) in [5.74, 6) is -0.537. The van der Waals surface area contributed by atoms with Gasteiger partial charge in [-0.3, -0.25) is 9.59 Å². The molecule has 19 heavy (non-hydrogen) atoms. The molecule has 1 aliphatic rings. The minimum atomic E-state index is -0.484. The lowest BCUT2D eigenvalue weighted by Gasteiger charge is -2.08. The molecular weight excluding hydrogens is 327 g/mol. The number of carbonyl (C=O) groups excluding carboxylic acids is 2. The molecule has 0 bridgehead atoms. The Balaban J connectivity index is 1.98. The molecule has 1 aromatic rings. The predicted molar refractivity (Wildman–Crippen MR) is 81.8 cm³/mol. The smallest absolute Gasteiger partial charge is 0.239 e. The van der Waals surface area contributed by atoms with E-state index < -0.39 is 5.25 Å². The van der Waals surface area contributed by atoms with Crippen LogP contribution in [0.15, 0.2) is 18.2 Å². The summed E-state index contributed by atoms with van der Waals surface area (Å²) in [5, 5.41) is 5.50. The average molecular weight is 335 g/mol. The number of hydrogen-bond acceptors (Lipinski definition) is 4. The van der Waals surface area contributed by atoms with Gasteiger partial charge in [0.1, 0.15) is 4.32 Å². The van der Waals surface area contributed by atoms with Crippen molar-refractivity contribution < 1.29 is 9.59 Å². The van der Waals surface area contributed by atoms with Crippen molar-refractivity contribution >= 4 is 69.0 Å². The van der Waals surface area contributed by atoms with Crippen LogP contribution < -0.4 is 10.6 Å². The third kappa shape index (κ3) is 4.07. The van der Waals surface area contributed by atoms with E-state index in [0.29, 0.717) is 20.1 Å². The number of rotatable bonds is 3. The van der Waals surface area contributed by atoms with E-state index in [-0.39, 0.29) is 18.2 Å². The molecule has 2 amide bonds. The number of anilines is 1. The van der Waals surface area contributed by atoms with Crippen molar-refractivity contribution in [2.45, 2.75) is 11.7 Å². The molecule has 2 N–H and O–H groups in total. The van der Waals surface area contributed by atoms with Crippen molar-refractivity contribution in [2.75, 3.05) is 5.32 Å². The van der Waals surface area contributed by atoms with E-state index in [1.165, 1.54) is 11.8 Å². The lowest BCUT2D eigenvalue weighted by molar-refractivity contribution is -0.122. The summed E-state index contributed by atoms with van der Waals surface area (Å²) in [6.07, 6.45) is 0.0424.